The van der Waals surface area contributed by atoms with Crippen LogP contribution in [0.25, 0.3) is 0 Å². The van der Waals surface area contributed by atoms with E-state index in [1.54, 1.807) is 12.4 Å². The summed E-state index contributed by atoms with van der Waals surface area (Å²) in [5.74, 6) is 0.903. The summed E-state index contributed by atoms with van der Waals surface area (Å²) in [5.41, 5.74) is 2.86. The maximum Gasteiger partial charge on any atom is 0.136 e. The summed E-state index contributed by atoms with van der Waals surface area (Å²) in [4.78, 5) is 3.96. The number of ether oxygens (including phenoxy) is 1. The number of hydrogen-bond donors (Lipinski definition) is 1. The van der Waals surface area contributed by atoms with Gasteiger partial charge in [0.2, 0.25) is 0 Å². The second-order valence-corrected chi connectivity index (χ2v) is 5.13. The van der Waals surface area contributed by atoms with Gasteiger partial charge in [0.15, 0.2) is 0 Å². The number of aromatic nitrogens is 1. The average Bonchev–Trinajstić information content (AvgIpc) is 2.88. The van der Waals surface area contributed by atoms with Crippen LogP contribution in [0.2, 0.25) is 0 Å². The zero-order valence-electron chi connectivity index (χ0n) is 9.64. The molecule has 0 saturated heterocycles. The highest BCUT2D eigenvalue weighted by molar-refractivity contribution is 9.10. The molecule has 2 aromatic rings. The van der Waals surface area contributed by atoms with Gasteiger partial charge in [0.1, 0.15) is 11.9 Å². The minimum atomic E-state index is -0.629. The zero-order valence-corrected chi connectivity index (χ0v) is 11.2. The predicted octanol–water partition coefficient (Wildman–Crippen LogP) is 2.86. The van der Waals surface area contributed by atoms with E-state index < -0.39 is 6.10 Å². The van der Waals surface area contributed by atoms with E-state index in [1.807, 2.05) is 24.3 Å². The zero-order chi connectivity index (χ0) is 12.5. The van der Waals surface area contributed by atoms with Gasteiger partial charge in [-0.25, -0.2) is 0 Å². The minimum Gasteiger partial charge on any atom is -0.492 e. The molecule has 4 heteroatoms. The first-order chi connectivity index (χ1) is 8.75. The molecule has 1 N–H and O–H groups in total. The normalized spacial score (nSPS) is 15.0. The Kier molecular flexibility index (Phi) is 3.06. The van der Waals surface area contributed by atoms with Crippen LogP contribution in [-0.4, -0.2) is 16.7 Å². The quantitative estimate of drug-likeness (QED) is 0.927. The lowest BCUT2D eigenvalue weighted by molar-refractivity contribution is 0.220. The Morgan fingerprint density at radius 1 is 1.22 bits per heavy atom. The molecule has 1 atom stereocenters. The number of aliphatic hydroxyl groups excluding tert-OH is 1. The fourth-order valence-corrected chi connectivity index (χ4v) is 2.81. The van der Waals surface area contributed by atoms with Crippen molar-refractivity contribution in [2.24, 2.45) is 0 Å². The van der Waals surface area contributed by atoms with Crippen LogP contribution >= 0.6 is 15.9 Å². The lowest BCUT2D eigenvalue weighted by atomic mass is 10.00. The van der Waals surface area contributed by atoms with Crippen LogP contribution in [0.3, 0.4) is 0 Å². The summed E-state index contributed by atoms with van der Waals surface area (Å²) in [5, 5.41) is 10.4. The maximum absolute atomic E-state index is 10.4. The van der Waals surface area contributed by atoms with Gasteiger partial charge >= 0.3 is 0 Å². The lowest BCUT2D eigenvalue weighted by Gasteiger charge is -2.13. The molecule has 1 aromatic heterocycles. The summed E-state index contributed by atoms with van der Waals surface area (Å²) in [6.07, 6.45) is 3.63. The van der Waals surface area contributed by atoms with Crippen molar-refractivity contribution < 1.29 is 9.84 Å². The second kappa shape index (κ2) is 4.71. The first kappa shape index (κ1) is 11.7. The largest absolute Gasteiger partial charge is 0.492 e. The van der Waals surface area contributed by atoms with Crippen molar-refractivity contribution >= 4 is 15.9 Å². The van der Waals surface area contributed by atoms with E-state index in [4.69, 9.17) is 4.74 Å². The summed E-state index contributed by atoms with van der Waals surface area (Å²) in [6.45, 7) is 0.711. The topological polar surface area (TPSA) is 42.4 Å². The van der Waals surface area contributed by atoms with Gasteiger partial charge in [-0.1, -0.05) is 0 Å². The fourth-order valence-electron chi connectivity index (χ4n) is 2.18. The first-order valence-corrected chi connectivity index (χ1v) is 6.58. The monoisotopic (exact) mass is 305 g/mol. The van der Waals surface area contributed by atoms with Crippen molar-refractivity contribution in [3.05, 3.63) is 57.8 Å². The number of halogens is 1. The van der Waals surface area contributed by atoms with Gasteiger partial charge in [-0.2, -0.15) is 0 Å². The van der Waals surface area contributed by atoms with Crippen LogP contribution in [0.4, 0.5) is 0 Å². The minimum absolute atomic E-state index is 0.629. The molecule has 0 fully saturated rings. The van der Waals surface area contributed by atoms with E-state index in [-0.39, 0.29) is 0 Å². The van der Waals surface area contributed by atoms with Crippen LogP contribution in [-0.2, 0) is 6.42 Å². The van der Waals surface area contributed by atoms with E-state index in [0.29, 0.717) is 6.61 Å². The lowest BCUT2D eigenvalue weighted by Crippen LogP contribution is -2.00. The van der Waals surface area contributed by atoms with Crippen LogP contribution in [0.15, 0.2) is 41.1 Å². The molecule has 0 aliphatic carbocycles. The van der Waals surface area contributed by atoms with Crippen molar-refractivity contribution in [1.29, 1.82) is 0 Å². The summed E-state index contributed by atoms with van der Waals surface area (Å²) < 4.78 is 6.43. The average molecular weight is 306 g/mol. The SMILES string of the molecule is OC(c1ccncc1)c1cc(Br)c2c(c1)CCO2. The van der Waals surface area contributed by atoms with Crippen molar-refractivity contribution in [2.45, 2.75) is 12.5 Å². The molecule has 1 aliphatic rings. The van der Waals surface area contributed by atoms with Crippen LogP contribution in [0.5, 0.6) is 5.75 Å². The number of pyridine rings is 1. The van der Waals surface area contributed by atoms with Gasteiger partial charge in [-0.3, -0.25) is 4.98 Å². The van der Waals surface area contributed by atoms with Gasteiger partial charge in [-0.15, -0.1) is 0 Å². The number of aliphatic hydroxyl groups is 1. The molecular weight excluding hydrogens is 294 g/mol. The Hall–Kier alpha value is -1.39. The highest BCUT2D eigenvalue weighted by Crippen LogP contribution is 2.37. The molecule has 0 spiro atoms. The maximum atomic E-state index is 10.4. The third-order valence-corrected chi connectivity index (χ3v) is 3.69. The van der Waals surface area contributed by atoms with Gasteiger partial charge in [0.25, 0.3) is 0 Å². The van der Waals surface area contributed by atoms with Crippen LogP contribution in [0, 0.1) is 0 Å². The van der Waals surface area contributed by atoms with Gasteiger partial charge < -0.3 is 9.84 Å². The van der Waals surface area contributed by atoms with Gasteiger partial charge in [-0.05, 0) is 56.9 Å². The number of fused-ring (bicyclic) bond motifs is 1. The highest BCUT2D eigenvalue weighted by atomic mass is 79.9. The number of hydrogen-bond acceptors (Lipinski definition) is 3. The van der Waals surface area contributed by atoms with Crippen LogP contribution in [0.1, 0.15) is 22.8 Å². The molecule has 0 bridgehead atoms. The second-order valence-electron chi connectivity index (χ2n) is 4.27. The molecule has 92 valence electrons. The Bertz CT molecular complexity index is 572. The molecule has 1 unspecified atom stereocenters. The highest BCUT2D eigenvalue weighted by Gasteiger charge is 2.19. The first-order valence-electron chi connectivity index (χ1n) is 5.79. The Balaban J connectivity index is 2.00. The summed E-state index contributed by atoms with van der Waals surface area (Å²) in [7, 11) is 0. The molecule has 3 nitrogen and oxygen atoms in total. The standard InChI is InChI=1S/C14H12BrNO2/c15-12-8-11(7-10-3-6-18-14(10)12)13(17)9-1-4-16-5-2-9/h1-2,4-5,7-8,13,17H,3,6H2. The molecule has 3 rings (SSSR count). The molecule has 0 radical (unpaired) electrons. The summed E-state index contributed by atoms with van der Waals surface area (Å²) in [6, 6.07) is 7.57. The molecule has 2 heterocycles. The van der Waals surface area contributed by atoms with Crippen molar-refractivity contribution in [3.8, 4) is 5.75 Å². The van der Waals surface area contributed by atoms with E-state index >= 15 is 0 Å². The molecule has 0 amide bonds. The van der Waals surface area contributed by atoms with Crippen molar-refractivity contribution in [3.63, 3.8) is 0 Å². The van der Waals surface area contributed by atoms with Crippen molar-refractivity contribution in [2.75, 3.05) is 6.61 Å². The van der Waals surface area contributed by atoms with Crippen molar-refractivity contribution in [1.82, 2.24) is 4.98 Å². The van der Waals surface area contributed by atoms with Crippen LogP contribution < -0.4 is 4.74 Å². The molecule has 1 aromatic carbocycles. The summed E-state index contributed by atoms with van der Waals surface area (Å²) >= 11 is 3.49. The predicted molar refractivity (Wildman–Crippen MR) is 71.6 cm³/mol. The number of benzene rings is 1. The number of rotatable bonds is 2. The van der Waals surface area contributed by atoms with Gasteiger partial charge in [0, 0.05) is 18.8 Å². The van der Waals surface area contributed by atoms with E-state index in [9.17, 15) is 5.11 Å². The van der Waals surface area contributed by atoms with Gasteiger partial charge in [0.05, 0.1) is 11.1 Å². The molecular formula is C14H12BrNO2. The Morgan fingerprint density at radius 2 is 2.00 bits per heavy atom. The van der Waals surface area contributed by atoms with E-state index in [2.05, 4.69) is 20.9 Å². The molecule has 0 saturated carbocycles. The molecule has 18 heavy (non-hydrogen) atoms. The van der Waals surface area contributed by atoms with E-state index in [0.717, 1.165) is 33.3 Å². The molecule has 1 aliphatic heterocycles. The fraction of sp³-hybridized carbons (Fsp3) is 0.214. The Morgan fingerprint density at radius 3 is 2.78 bits per heavy atom. The third-order valence-electron chi connectivity index (χ3n) is 3.10. The smallest absolute Gasteiger partial charge is 0.136 e. The third kappa shape index (κ3) is 2.02. The number of nitrogens with zero attached hydrogens (tertiary/aromatic N) is 1. The van der Waals surface area contributed by atoms with E-state index in [1.165, 1.54) is 0 Å². The Labute approximate surface area is 114 Å².